The molecule has 1 atom stereocenters. The van der Waals surface area contributed by atoms with E-state index in [9.17, 15) is 4.79 Å². The Morgan fingerprint density at radius 1 is 1.43 bits per heavy atom. The first-order valence-corrected chi connectivity index (χ1v) is 7.28. The van der Waals surface area contributed by atoms with Crippen molar-refractivity contribution in [2.45, 2.75) is 39.8 Å². The van der Waals surface area contributed by atoms with Gasteiger partial charge in [0.05, 0.1) is 24.4 Å². The van der Waals surface area contributed by atoms with Gasteiger partial charge >= 0.3 is 0 Å². The number of nitrogens with zero attached hydrogens (tertiary/aromatic N) is 3. The van der Waals surface area contributed by atoms with Crippen LogP contribution in [0.25, 0.3) is 0 Å². The van der Waals surface area contributed by atoms with Crippen LogP contribution in [0, 0.1) is 12.8 Å². The molecule has 0 saturated carbocycles. The number of aromatic nitrogens is 2. The topological polar surface area (TPSA) is 59.4 Å². The number of carbonyl (C=O) groups excluding carboxylic acids is 1. The van der Waals surface area contributed by atoms with Crippen molar-refractivity contribution in [3.63, 3.8) is 0 Å². The molecule has 0 aliphatic carbocycles. The number of nitrogens with one attached hydrogen (secondary N) is 1. The van der Waals surface area contributed by atoms with E-state index < -0.39 is 0 Å². The molecule has 1 aromatic rings. The molecule has 0 bridgehead atoms. The Labute approximate surface area is 127 Å². The van der Waals surface area contributed by atoms with Crippen molar-refractivity contribution >= 4 is 5.91 Å². The fourth-order valence-electron chi connectivity index (χ4n) is 2.42. The second-order valence-corrected chi connectivity index (χ2v) is 5.99. The van der Waals surface area contributed by atoms with Crippen LogP contribution in [0.4, 0.5) is 0 Å². The van der Waals surface area contributed by atoms with Crippen LogP contribution >= 0.6 is 0 Å². The largest absolute Gasteiger partial charge is 0.481 e. The lowest BCUT2D eigenvalue weighted by Crippen LogP contribution is -2.44. The molecule has 21 heavy (non-hydrogen) atoms. The van der Waals surface area contributed by atoms with Gasteiger partial charge in [-0.1, -0.05) is 13.8 Å². The molecule has 0 saturated heterocycles. The SMILES string of the molecule is COc1c(CNC(CC(C)C)C(=O)N(C)C)c(C)nn1C. The fourth-order valence-corrected chi connectivity index (χ4v) is 2.42. The molecule has 1 unspecified atom stereocenters. The monoisotopic (exact) mass is 296 g/mol. The highest BCUT2D eigenvalue weighted by molar-refractivity contribution is 5.81. The van der Waals surface area contributed by atoms with Crippen LogP contribution in [0.5, 0.6) is 5.88 Å². The third kappa shape index (κ3) is 4.46. The Kier molecular flexibility index (Phi) is 6.20. The zero-order valence-corrected chi connectivity index (χ0v) is 14.2. The zero-order valence-electron chi connectivity index (χ0n) is 14.2. The van der Waals surface area contributed by atoms with Gasteiger partial charge in [-0.05, 0) is 19.3 Å². The summed E-state index contributed by atoms with van der Waals surface area (Å²) in [7, 11) is 7.06. The smallest absolute Gasteiger partial charge is 0.239 e. The molecule has 0 aliphatic heterocycles. The number of amides is 1. The summed E-state index contributed by atoms with van der Waals surface area (Å²) < 4.78 is 7.10. The Morgan fingerprint density at radius 3 is 2.52 bits per heavy atom. The van der Waals surface area contributed by atoms with Crippen molar-refractivity contribution in [2.75, 3.05) is 21.2 Å². The minimum atomic E-state index is -0.190. The number of methoxy groups -OCH3 is 1. The highest BCUT2D eigenvalue weighted by atomic mass is 16.5. The molecule has 1 amide bonds. The average molecular weight is 296 g/mol. The van der Waals surface area contributed by atoms with Gasteiger partial charge in [0.2, 0.25) is 11.8 Å². The van der Waals surface area contributed by atoms with Gasteiger partial charge in [0, 0.05) is 27.7 Å². The molecule has 0 fully saturated rings. The van der Waals surface area contributed by atoms with Crippen LogP contribution < -0.4 is 10.1 Å². The van der Waals surface area contributed by atoms with Gasteiger partial charge in [-0.3, -0.25) is 4.79 Å². The Morgan fingerprint density at radius 2 is 2.05 bits per heavy atom. The molecule has 0 spiro atoms. The second kappa shape index (κ2) is 7.45. The number of hydrogen-bond donors (Lipinski definition) is 1. The molecule has 0 aliphatic rings. The summed E-state index contributed by atoms with van der Waals surface area (Å²) in [6.45, 7) is 6.76. The first-order chi connectivity index (χ1) is 9.77. The minimum absolute atomic E-state index is 0.101. The van der Waals surface area contributed by atoms with Crippen molar-refractivity contribution < 1.29 is 9.53 Å². The standard InChI is InChI=1S/C15H28N4O2/c1-10(2)8-13(14(20)18(4)5)16-9-12-11(3)17-19(6)15(12)21-7/h10,13,16H,8-9H2,1-7H3. The zero-order chi connectivity index (χ0) is 16.2. The summed E-state index contributed by atoms with van der Waals surface area (Å²) in [5, 5.41) is 7.71. The molecule has 1 aromatic heterocycles. The third-order valence-corrected chi connectivity index (χ3v) is 3.45. The Hall–Kier alpha value is -1.56. The second-order valence-electron chi connectivity index (χ2n) is 5.99. The van der Waals surface area contributed by atoms with E-state index in [1.807, 2.05) is 14.0 Å². The van der Waals surface area contributed by atoms with Crippen LogP contribution in [-0.4, -0.2) is 47.8 Å². The van der Waals surface area contributed by atoms with E-state index in [1.165, 1.54) is 0 Å². The molecule has 6 heteroatoms. The van der Waals surface area contributed by atoms with Gasteiger partial charge in [0.25, 0.3) is 0 Å². The maximum absolute atomic E-state index is 12.3. The number of ether oxygens (including phenoxy) is 1. The molecule has 0 radical (unpaired) electrons. The summed E-state index contributed by atoms with van der Waals surface area (Å²) in [5.74, 6) is 1.29. The molecule has 1 rings (SSSR count). The number of aryl methyl sites for hydroxylation is 2. The molecule has 1 heterocycles. The molecule has 6 nitrogen and oxygen atoms in total. The van der Waals surface area contributed by atoms with Gasteiger partial charge in [-0.25, -0.2) is 4.68 Å². The third-order valence-electron chi connectivity index (χ3n) is 3.45. The van der Waals surface area contributed by atoms with Crippen molar-refractivity contribution in [3.8, 4) is 5.88 Å². The lowest BCUT2D eigenvalue weighted by molar-refractivity contribution is -0.131. The van der Waals surface area contributed by atoms with Crippen LogP contribution in [0.15, 0.2) is 0 Å². The van der Waals surface area contributed by atoms with Crippen LogP contribution in [0.2, 0.25) is 0 Å². The number of rotatable bonds is 7. The van der Waals surface area contributed by atoms with E-state index in [2.05, 4.69) is 24.3 Å². The van der Waals surface area contributed by atoms with Crippen molar-refractivity contribution in [2.24, 2.45) is 13.0 Å². The molecular weight excluding hydrogens is 268 g/mol. The van der Waals surface area contributed by atoms with E-state index in [0.29, 0.717) is 12.5 Å². The molecule has 0 aromatic carbocycles. The van der Waals surface area contributed by atoms with Gasteiger partial charge in [-0.2, -0.15) is 5.10 Å². The van der Waals surface area contributed by atoms with E-state index >= 15 is 0 Å². The van der Waals surface area contributed by atoms with Crippen LogP contribution in [-0.2, 0) is 18.4 Å². The summed E-state index contributed by atoms with van der Waals surface area (Å²) >= 11 is 0. The molecule has 1 N–H and O–H groups in total. The number of hydrogen-bond acceptors (Lipinski definition) is 4. The van der Waals surface area contributed by atoms with Gasteiger partial charge in [-0.15, -0.1) is 0 Å². The van der Waals surface area contributed by atoms with Gasteiger partial charge in [0.15, 0.2) is 0 Å². The van der Waals surface area contributed by atoms with Crippen molar-refractivity contribution in [1.82, 2.24) is 20.0 Å². The van der Waals surface area contributed by atoms with Gasteiger partial charge in [0.1, 0.15) is 0 Å². The number of carbonyl (C=O) groups is 1. The highest BCUT2D eigenvalue weighted by Gasteiger charge is 2.22. The molecule has 120 valence electrons. The quantitative estimate of drug-likeness (QED) is 0.824. The predicted octanol–water partition coefficient (Wildman–Crippen LogP) is 1.33. The maximum atomic E-state index is 12.3. The Bertz CT molecular complexity index is 480. The summed E-state index contributed by atoms with van der Waals surface area (Å²) in [5.41, 5.74) is 1.92. The normalized spacial score (nSPS) is 12.6. The van der Waals surface area contributed by atoms with Crippen molar-refractivity contribution in [3.05, 3.63) is 11.3 Å². The molecular formula is C15H28N4O2. The predicted molar refractivity (Wildman–Crippen MR) is 83.3 cm³/mol. The van der Waals surface area contributed by atoms with Crippen LogP contribution in [0.1, 0.15) is 31.5 Å². The number of likely N-dealkylation sites (N-methyl/N-ethyl adjacent to an activating group) is 1. The maximum Gasteiger partial charge on any atom is 0.239 e. The Balaban J connectivity index is 2.84. The minimum Gasteiger partial charge on any atom is -0.481 e. The summed E-state index contributed by atoms with van der Waals surface area (Å²) in [6.07, 6.45) is 0.804. The van der Waals surface area contributed by atoms with E-state index in [0.717, 1.165) is 23.6 Å². The summed E-state index contributed by atoms with van der Waals surface area (Å²) in [6, 6.07) is -0.190. The van der Waals surface area contributed by atoms with E-state index in [4.69, 9.17) is 4.74 Å². The van der Waals surface area contributed by atoms with E-state index in [-0.39, 0.29) is 11.9 Å². The lowest BCUT2D eigenvalue weighted by Gasteiger charge is -2.23. The first kappa shape index (κ1) is 17.5. The van der Waals surface area contributed by atoms with Crippen molar-refractivity contribution in [1.29, 1.82) is 0 Å². The summed E-state index contributed by atoms with van der Waals surface area (Å²) in [4.78, 5) is 13.9. The fraction of sp³-hybridized carbons (Fsp3) is 0.733. The average Bonchev–Trinajstić information content (AvgIpc) is 2.66. The first-order valence-electron chi connectivity index (χ1n) is 7.28. The lowest BCUT2D eigenvalue weighted by atomic mass is 10.0. The highest BCUT2D eigenvalue weighted by Crippen LogP contribution is 2.21. The van der Waals surface area contributed by atoms with Crippen LogP contribution in [0.3, 0.4) is 0 Å². The van der Waals surface area contributed by atoms with E-state index in [1.54, 1.807) is 30.8 Å². The van der Waals surface area contributed by atoms with Gasteiger partial charge < -0.3 is 15.0 Å².